The summed E-state index contributed by atoms with van der Waals surface area (Å²) in [7, 11) is 0. The van der Waals surface area contributed by atoms with Crippen LogP contribution in [0.3, 0.4) is 0 Å². The standard InChI is InChI=1S/C16H30N2O2/c1-15(2,3)20-14(19)18-13(9-7-8-12-17-6)10-11-16(18,4)5/h13H,6-12H2,1-5H3. The monoisotopic (exact) mass is 282 g/mol. The van der Waals surface area contributed by atoms with Crippen LogP contribution in [-0.4, -0.2) is 41.4 Å². The van der Waals surface area contributed by atoms with E-state index in [4.69, 9.17) is 4.74 Å². The lowest BCUT2D eigenvalue weighted by Crippen LogP contribution is -2.49. The van der Waals surface area contributed by atoms with Crippen LogP contribution in [0.25, 0.3) is 0 Å². The lowest BCUT2D eigenvalue weighted by atomic mass is 10.0. The Balaban J connectivity index is 2.65. The van der Waals surface area contributed by atoms with Gasteiger partial charge in [0.15, 0.2) is 0 Å². The van der Waals surface area contributed by atoms with Gasteiger partial charge in [0.05, 0.1) is 0 Å². The molecule has 1 saturated heterocycles. The van der Waals surface area contributed by atoms with Crippen LogP contribution in [0.1, 0.15) is 66.7 Å². The Labute approximate surface area is 123 Å². The number of unbranched alkanes of at least 4 members (excludes halogenated alkanes) is 1. The maximum Gasteiger partial charge on any atom is 0.410 e. The van der Waals surface area contributed by atoms with Gasteiger partial charge in [-0.15, -0.1) is 0 Å². The topological polar surface area (TPSA) is 41.9 Å². The van der Waals surface area contributed by atoms with Gasteiger partial charge in [-0.2, -0.15) is 0 Å². The van der Waals surface area contributed by atoms with E-state index in [1.54, 1.807) is 0 Å². The average molecular weight is 282 g/mol. The van der Waals surface area contributed by atoms with Crippen molar-refractivity contribution >= 4 is 12.8 Å². The molecule has 1 atom stereocenters. The van der Waals surface area contributed by atoms with Crippen molar-refractivity contribution in [1.29, 1.82) is 0 Å². The van der Waals surface area contributed by atoms with Gasteiger partial charge in [-0.1, -0.05) is 0 Å². The fourth-order valence-electron chi connectivity index (χ4n) is 2.85. The van der Waals surface area contributed by atoms with Gasteiger partial charge in [0, 0.05) is 18.1 Å². The average Bonchev–Trinajstić information content (AvgIpc) is 2.58. The van der Waals surface area contributed by atoms with Crippen LogP contribution in [0.2, 0.25) is 0 Å². The highest BCUT2D eigenvalue weighted by Gasteiger charge is 2.43. The normalized spacial score (nSPS) is 21.9. The maximum atomic E-state index is 12.5. The summed E-state index contributed by atoms with van der Waals surface area (Å²) in [5, 5.41) is 0. The Kier molecular flexibility index (Phi) is 5.60. The second-order valence-electron chi connectivity index (χ2n) is 7.30. The van der Waals surface area contributed by atoms with E-state index in [0.29, 0.717) is 6.04 Å². The molecular weight excluding hydrogens is 252 g/mol. The Hall–Kier alpha value is -1.06. The zero-order valence-electron chi connectivity index (χ0n) is 13.7. The predicted octanol–water partition coefficient (Wildman–Crippen LogP) is 4.04. The maximum absolute atomic E-state index is 12.5. The van der Waals surface area contributed by atoms with Crippen LogP contribution in [0.4, 0.5) is 4.79 Å². The van der Waals surface area contributed by atoms with E-state index < -0.39 is 5.60 Å². The molecule has 1 fully saturated rings. The Bertz CT molecular complexity index is 345. The molecule has 1 amide bonds. The number of hydrogen-bond acceptors (Lipinski definition) is 3. The van der Waals surface area contributed by atoms with Gasteiger partial charge in [0.2, 0.25) is 0 Å². The van der Waals surface area contributed by atoms with E-state index in [0.717, 1.165) is 38.6 Å². The van der Waals surface area contributed by atoms with Crippen LogP contribution in [0, 0.1) is 0 Å². The first-order valence-electron chi connectivity index (χ1n) is 7.62. The molecule has 1 rings (SSSR count). The summed E-state index contributed by atoms with van der Waals surface area (Å²) < 4.78 is 5.57. The van der Waals surface area contributed by atoms with Crippen LogP contribution in [0.15, 0.2) is 4.99 Å². The van der Waals surface area contributed by atoms with E-state index in [1.165, 1.54) is 0 Å². The summed E-state index contributed by atoms with van der Waals surface area (Å²) in [6.07, 6.45) is 5.08. The molecule has 0 aromatic carbocycles. The highest BCUT2D eigenvalue weighted by atomic mass is 16.6. The predicted molar refractivity (Wildman–Crippen MR) is 83.4 cm³/mol. The van der Waals surface area contributed by atoms with Crippen molar-refractivity contribution in [1.82, 2.24) is 4.90 Å². The Morgan fingerprint density at radius 3 is 2.60 bits per heavy atom. The van der Waals surface area contributed by atoms with Crippen molar-refractivity contribution in [2.75, 3.05) is 6.54 Å². The number of nitrogens with zero attached hydrogens (tertiary/aromatic N) is 2. The lowest BCUT2D eigenvalue weighted by molar-refractivity contribution is 0.00285. The first-order chi connectivity index (χ1) is 9.17. The van der Waals surface area contributed by atoms with Gasteiger partial charge in [-0.25, -0.2) is 4.79 Å². The summed E-state index contributed by atoms with van der Waals surface area (Å²) in [5.74, 6) is 0. The molecule has 1 aliphatic rings. The fourth-order valence-corrected chi connectivity index (χ4v) is 2.85. The van der Waals surface area contributed by atoms with Crippen molar-refractivity contribution in [3.63, 3.8) is 0 Å². The molecule has 0 aromatic rings. The van der Waals surface area contributed by atoms with Crippen LogP contribution in [-0.2, 0) is 4.74 Å². The summed E-state index contributed by atoms with van der Waals surface area (Å²) in [4.78, 5) is 18.3. The number of amides is 1. The molecule has 0 saturated carbocycles. The first-order valence-corrected chi connectivity index (χ1v) is 7.62. The number of ether oxygens (including phenoxy) is 1. The van der Waals surface area contributed by atoms with Crippen molar-refractivity contribution in [3.05, 3.63) is 0 Å². The minimum Gasteiger partial charge on any atom is -0.444 e. The zero-order chi connectivity index (χ0) is 15.4. The van der Waals surface area contributed by atoms with Gasteiger partial charge in [-0.05, 0) is 73.4 Å². The smallest absolute Gasteiger partial charge is 0.410 e. The largest absolute Gasteiger partial charge is 0.444 e. The van der Waals surface area contributed by atoms with E-state index in [2.05, 4.69) is 25.6 Å². The van der Waals surface area contributed by atoms with Gasteiger partial charge >= 0.3 is 6.09 Å². The Morgan fingerprint density at radius 1 is 1.40 bits per heavy atom. The second-order valence-corrected chi connectivity index (χ2v) is 7.30. The van der Waals surface area contributed by atoms with Gasteiger partial charge in [0.25, 0.3) is 0 Å². The highest BCUT2D eigenvalue weighted by molar-refractivity contribution is 5.70. The molecule has 0 spiro atoms. The minimum atomic E-state index is -0.437. The van der Waals surface area contributed by atoms with Gasteiger partial charge in [-0.3, -0.25) is 0 Å². The summed E-state index contributed by atoms with van der Waals surface area (Å²) >= 11 is 0. The third-order valence-electron chi connectivity index (χ3n) is 3.80. The van der Waals surface area contributed by atoms with Crippen molar-refractivity contribution in [2.45, 2.75) is 83.9 Å². The molecule has 0 aromatic heterocycles. The second kappa shape index (κ2) is 6.59. The molecule has 4 heteroatoms. The first kappa shape index (κ1) is 17.0. The molecule has 0 N–H and O–H groups in total. The van der Waals surface area contributed by atoms with E-state index >= 15 is 0 Å². The van der Waals surface area contributed by atoms with E-state index in [1.807, 2.05) is 25.7 Å². The summed E-state index contributed by atoms with van der Waals surface area (Å²) in [5.41, 5.74) is -0.545. The quantitative estimate of drug-likeness (QED) is 0.564. The van der Waals surface area contributed by atoms with Crippen molar-refractivity contribution < 1.29 is 9.53 Å². The van der Waals surface area contributed by atoms with Crippen LogP contribution >= 0.6 is 0 Å². The van der Waals surface area contributed by atoms with Gasteiger partial charge < -0.3 is 14.6 Å². The van der Waals surface area contributed by atoms with E-state index in [-0.39, 0.29) is 11.6 Å². The molecule has 1 aliphatic heterocycles. The van der Waals surface area contributed by atoms with Crippen LogP contribution < -0.4 is 0 Å². The molecule has 1 unspecified atom stereocenters. The SMILES string of the molecule is C=NCCCCC1CCC(C)(C)N1C(=O)OC(C)(C)C. The zero-order valence-corrected chi connectivity index (χ0v) is 13.7. The number of carbonyl (C=O) groups is 1. The fraction of sp³-hybridized carbons (Fsp3) is 0.875. The number of rotatable bonds is 5. The highest BCUT2D eigenvalue weighted by Crippen LogP contribution is 2.36. The molecule has 20 heavy (non-hydrogen) atoms. The lowest BCUT2D eigenvalue weighted by Gasteiger charge is -2.37. The van der Waals surface area contributed by atoms with E-state index in [9.17, 15) is 4.79 Å². The van der Waals surface area contributed by atoms with Crippen molar-refractivity contribution in [2.24, 2.45) is 4.99 Å². The molecular formula is C16H30N2O2. The third-order valence-corrected chi connectivity index (χ3v) is 3.80. The number of likely N-dealkylation sites (tertiary alicyclic amines) is 1. The van der Waals surface area contributed by atoms with Crippen molar-refractivity contribution in [3.8, 4) is 0 Å². The molecule has 116 valence electrons. The number of hydrogen-bond donors (Lipinski definition) is 0. The third kappa shape index (κ3) is 4.80. The Morgan fingerprint density at radius 2 is 2.05 bits per heavy atom. The summed E-state index contributed by atoms with van der Waals surface area (Å²) in [6.45, 7) is 14.3. The minimum absolute atomic E-state index is 0.107. The molecule has 4 nitrogen and oxygen atoms in total. The number of carbonyl (C=O) groups excluding carboxylic acids is 1. The number of aliphatic imine (C=N–C) groups is 1. The molecule has 0 aliphatic carbocycles. The van der Waals surface area contributed by atoms with Gasteiger partial charge in [0.1, 0.15) is 5.60 Å². The van der Waals surface area contributed by atoms with Crippen LogP contribution in [0.5, 0.6) is 0 Å². The molecule has 1 heterocycles. The molecule has 0 radical (unpaired) electrons. The molecule has 0 bridgehead atoms. The summed E-state index contributed by atoms with van der Waals surface area (Å²) in [6, 6.07) is 0.296.